The molecule has 0 aliphatic heterocycles. The number of amides is 1. The highest BCUT2D eigenvalue weighted by atomic mass is 32.2. The van der Waals surface area contributed by atoms with E-state index in [1.807, 2.05) is 35.9 Å². The first-order chi connectivity index (χ1) is 11.7. The minimum absolute atomic E-state index is 0.0657. The molecule has 6 nitrogen and oxygen atoms in total. The molecule has 0 radical (unpaired) electrons. The van der Waals surface area contributed by atoms with E-state index in [0.29, 0.717) is 6.54 Å². The molecule has 0 aliphatic carbocycles. The Hall–Kier alpha value is -2.54. The Balaban J connectivity index is 1.51. The molecule has 0 saturated carbocycles. The Kier molecular flexibility index (Phi) is 5.32. The van der Waals surface area contributed by atoms with Gasteiger partial charge in [0, 0.05) is 13.5 Å². The Morgan fingerprint density at radius 3 is 2.79 bits per heavy atom. The molecule has 1 amide bonds. The fourth-order valence-corrected chi connectivity index (χ4v) is 2.94. The third kappa shape index (κ3) is 4.26. The van der Waals surface area contributed by atoms with E-state index >= 15 is 0 Å². The number of benzene rings is 1. The summed E-state index contributed by atoms with van der Waals surface area (Å²) in [6.45, 7) is 0.393. The summed E-state index contributed by atoms with van der Waals surface area (Å²) >= 11 is 1.37. The fraction of sp³-hybridized carbons (Fsp3) is 0.235. The third-order valence-corrected chi connectivity index (χ3v) is 4.52. The van der Waals surface area contributed by atoms with Crippen LogP contribution in [0.5, 0.6) is 0 Å². The second-order valence-corrected chi connectivity index (χ2v) is 6.21. The fourth-order valence-electron chi connectivity index (χ4n) is 2.18. The molecule has 0 bridgehead atoms. The number of carbonyl (C=O) groups is 1. The maximum Gasteiger partial charge on any atom is 0.230 e. The van der Waals surface area contributed by atoms with Crippen molar-refractivity contribution in [3.05, 3.63) is 65.9 Å². The van der Waals surface area contributed by atoms with Gasteiger partial charge in [0.25, 0.3) is 0 Å². The van der Waals surface area contributed by atoms with Crippen molar-refractivity contribution in [1.82, 2.24) is 20.1 Å². The zero-order chi connectivity index (χ0) is 16.8. The van der Waals surface area contributed by atoms with Crippen LogP contribution in [0.4, 0.5) is 0 Å². The number of furan rings is 1. The number of carbonyl (C=O) groups excluding carboxylic acids is 1. The Bertz CT molecular complexity index is 784. The number of nitrogens with one attached hydrogen (secondary N) is 1. The standard InChI is InChI=1S/C17H18N4O2S/c1-21-15(10-13-6-3-2-4-7-13)19-20-17(21)24-12-16(22)18-11-14-8-5-9-23-14/h2-9H,10-12H2,1H3,(H,18,22). The van der Waals surface area contributed by atoms with E-state index in [1.54, 1.807) is 12.3 Å². The molecule has 0 spiro atoms. The van der Waals surface area contributed by atoms with Gasteiger partial charge in [0.15, 0.2) is 5.16 Å². The summed E-state index contributed by atoms with van der Waals surface area (Å²) in [7, 11) is 1.92. The molecule has 24 heavy (non-hydrogen) atoms. The van der Waals surface area contributed by atoms with Crippen LogP contribution in [0.15, 0.2) is 58.3 Å². The van der Waals surface area contributed by atoms with Crippen molar-refractivity contribution < 1.29 is 9.21 Å². The van der Waals surface area contributed by atoms with E-state index in [-0.39, 0.29) is 11.7 Å². The van der Waals surface area contributed by atoms with Crippen LogP contribution < -0.4 is 5.32 Å². The van der Waals surface area contributed by atoms with Crippen LogP contribution in [0.3, 0.4) is 0 Å². The second kappa shape index (κ2) is 7.83. The van der Waals surface area contributed by atoms with Gasteiger partial charge < -0.3 is 14.3 Å². The first-order valence-corrected chi connectivity index (χ1v) is 8.55. The lowest BCUT2D eigenvalue weighted by atomic mass is 10.1. The van der Waals surface area contributed by atoms with Crippen LogP contribution in [0.2, 0.25) is 0 Å². The average Bonchev–Trinajstić information content (AvgIpc) is 3.23. The van der Waals surface area contributed by atoms with Gasteiger partial charge >= 0.3 is 0 Å². The highest BCUT2D eigenvalue weighted by Crippen LogP contribution is 2.17. The van der Waals surface area contributed by atoms with Crippen molar-refractivity contribution in [2.45, 2.75) is 18.1 Å². The van der Waals surface area contributed by atoms with Crippen molar-refractivity contribution >= 4 is 17.7 Å². The summed E-state index contributed by atoms with van der Waals surface area (Å²) in [6, 6.07) is 13.7. The minimum Gasteiger partial charge on any atom is -0.467 e. The molecule has 1 aromatic carbocycles. The van der Waals surface area contributed by atoms with Crippen LogP contribution in [-0.4, -0.2) is 26.4 Å². The lowest BCUT2D eigenvalue weighted by Gasteiger charge is -2.05. The normalized spacial score (nSPS) is 10.7. The largest absolute Gasteiger partial charge is 0.467 e. The first kappa shape index (κ1) is 16.3. The number of nitrogens with zero attached hydrogens (tertiary/aromatic N) is 3. The molecule has 1 N–H and O–H groups in total. The number of hydrogen-bond acceptors (Lipinski definition) is 5. The lowest BCUT2D eigenvalue weighted by molar-refractivity contribution is -0.118. The molecule has 0 saturated heterocycles. The van der Waals surface area contributed by atoms with Crippen LogP contribution in [-0.2, 0) is 24.8 Å². The highest BCUT2D eigenvalue weighted by molar-refractivity contribution is 7.99. The molecule has 3 aromatic rings. The maximum absolute atomic E-state index is 11.9. The summed E-state index contributed by atoms with van der Waals surface area (Å²) in [5, 5.41) is 11.9. The molecule has 0 atom stereocenters. The molecular weight excluding hydrogens is 324 g/mol. The van der Waals surface area contributed by atoms with E-state index < -0.39 is 0 Å². The topological polar surface area (TPSA) is 73.0 Å². The van der Waals surface area contributed by atoms with Gasteiger partial charge in [0.2, 0.25) is 5.91 Å². The summed E-state index contributed by atoms with van der Waals surface area (Å²) in [5.74, 6) is 1.83. The predicted molar refractivity (Wildman–Crippen MR) is 91.5 cm³/mol. The molecular formula is C17H18N4O2S. The van der Waals surface area contributed by atoms with Crippen LogP contribution in [0.1, 0.15) is 17.1 Å². The van der Waals surface area contributed by atoms with E-state index in [0.717, 1.165) is 23.2 Å². The third-order valence-electron chi connectivity index (χ3n) is 3.50. The highest BCUT2D eigenvalue weighted by Gasteiger charge is 2.12. The molecule has 0 fully saturated rings. The van der Waals surface area contributed by atoms with Gasteiger partial charge in [0.1, 0.15) is 11.6 Å². The van der Waals surface area contributed by atoms with Crippen molar-refractivity contribution in [3.63, 3.8) is 0 Å². The Morgan fingerprint density at radius 2 is 2.04 bits per heavy atom. The average molecular weight is 342 g/mol. The molecule has 124 valence electrons. The Morgan fingerprint density at radius 1 is 1.21 bits per heavy atom. The van der Waals surface area contributed by atoms with E-state index in [4.69, 9.17) is 4.42 Å². The predicted octanol–water partition coefficient (Wildman–Crippen LogP) is 2.41. The van der Waals surface area contributed by atoms with Gasteiger partial charge in [-0.15, -0.1) is 10.2 Å². The van der Waals surface area contributed by atoms with Gasteiger partial charge in [-0.3, -0.25) is 4.79 Å². The van der Waals surface area contributed by atoms with E-state index in [1.165, 1.54) is 17.3 Å². The van der Waals surface area contributed by atoms with Crippen LogP contribution in [0.25, 0.3) is 0 Å². The SMILES string of the molecule is Cn1c(Cc2ccccc2)nnc1SCC(=O)NCc1ccco1. The summed E-state index contributed by atoms with van der Waals surface area (Å²) in [6.07, 6.45) is 2.31. The van der Waals surface area contributed by atoms with Gasteiger partial charge in [0.05, 0.1) is 18.6 Å². The van der Waals surface area contributed by atoms with Gasteiger partial charge in [-0.05, 0) is 17.7 Å². The quantitative estimate of drug-likeness (QED) is 0.668. The lowest BCUT2D eigenvalue weighted by Crippen LogP contribution is -2.24. The zero-order valence-electron chi connectivity index (χ0n) is 13.3. The second-order valence-electron chi connectivity index (χ2n) is 5.26. The maximum atomic E-state index is 11.9. The smallest absolute Gasteiger partial charge is 0.230 e. The Labute approximate surface area is 144 Å². The van der Waals surface area contributed by atoms with Crippen molar-refractivity contribution in [3.8, 4) is 0 Å². The molecule has 2 heterocycles. The minimum atomic E-state index is -0.0657. The first-order valence-electron chi connectivity index (χ1n) is 7.56. The van der Waals surface area contributed by atoms with E-state index in [9.17, 15) is 4.79 Å². The number of hydrogen-bond donors (Lipinski definition) is 1. The van der Waals surface area contributed by atoms with Gasteiger partial charge in [-0.1, -0.05) is 42.1 Å². The summed E-state index contributed by atoms with van der Waals surface area (Å²) in [5.41, 5.74) is 1.18. The monoisotopic (exact) mass is 342 g/mol. The van der Waals surface area contributed by atoms with Gasteiger partial charge in [-0.25, -0.2) is 0 Å². The molecule has 0 unspecified atom stereocenters. The summed E-state index contributed by atoms with van der Waals surface area (Å²) < 4.78 is 7.11. The number of aromatic nitrogens is 3. The molecule has 2 aromatic heterocycles. The zero-order valence-corrected chi connectivity index (χ0v) is 14.1. The number of rotatable bonds is 7. The molecule has 7 heteroatoms. The van der Waals surface area contributed by atoms with Crippen LogP contribution >= 0.6 is 11.8 Å². The van der Waals surface area contributed by atoms with Crippen molar-refractivity contribution in [2.75, 3.05) is 5.75 Å². The van der Waals surface area contributed by atoms with Gasteiger partial charge in [-0.2, -0.15) is 0 Å². The molecule has 3 rings (SSSR count). The van der Waals surface area contributed by atoms with E-state index in [2.05, 4.69) is 27.6 Å². The molecule has 0 aliphatic rings. The van der Waals surface area contributed by atoms with Crippen molar-refractivity contribution in [2.24, 2.45) is 7.05 Å². The summed E-state index contributed by atoms with van der Waals surface area (Å²) in [4.78, 5) is 11.9. The number of thioether (sulfide) groups is 1. The van der Waals surface area contributed by atoms with Crippen LogP contribution in [0, 0.1) is 0 Å². The van der Waals surface area contributed by atoms with Crippen molar-refractivity contribution in [1.29, 1.82) is 0 Å².